The third kappa shape index (κ3) is 5.74. The van der Waals surface area contributed by atoms with E-state index in [1.54, 1.807) is 18.2 Å². The van der Waals surface area contributed by atoms with Crippen LogP contribution in [0, 0.1) is 0 Å². The van der Waals surface area contributed by atoms with Gasteiger partial charge in [0.15, 0.2) is 0 Å². The average molecular weight is 313 g/mol. The van der Waals surface area contributed by atoms with Crippen LogP contribution < -0.4 is 10.5 Å². The highest BCUT2D eigenvalue weighted by molar-refractivity contribution is 7.89. The number of benzene rings is 1. The molecule has 0 aromatic heterocycles. The van der Waals surface area contributed by atoms with Crippen LogP contribution in [-0.2, 0) is 10.0 Å². The third-order valence-electron chi connectivity index (χ3n) is 3.53. The average Bonchev–Trinajstić information content (AvgIpc) is 2.47. The van der Waals surface area contributed by atoms with Gasteiger partial charge in [-0.3, -0.25) is 0 Å². The van der Waals surface area contributed by atoms with Gasteiger partial charge in [0.1, 0.15) is 0 Å². The summed E-state index contributed by atoms with van der Waals surface area (Å²) in [5.74, 6) is 0. The summed E-state index contributed by atoms with van der Waals surface area (Å²) in [6.07, 6.45) is 0.799. The molecule has 0 bridgehead atoms. The van der Waals surface area contributed by atoms with Crippen molar-refractivity contribution in [2.75, 3.05) is 26.2 Å². The normalized spacial score (nSPS) is 13.6. The van der Waals surface area contributed by atoms with Crippen LogP contribution in [0.2, 0.25) is 0 Å². The van der Waals surface area contributed by atoms with E-state index in [1.807, 2.05) is 13.0 Å². The number of nitrogens with one attached hydrogen (secondary N) is 1. The second kappa shape index (κ2) is 8.48. The molecule has 5 nitrogen and oxygen atoms in total. The molecule has 1 aromatic carbocycles. The number of nitrogens with zero attached hydrogens (tertiary/aromatic N) is 1. The van der Waals surface area contributed by atoms with Crippen LogP contribution in [0.5, 0.6) is 0 Å². The Kier molecular flexibility index (Phi) is 7.31. The zero-order valence-electron chi connectivity index (χ0n) is 13.2. The molecule has 1 atom stereocenters. The molecule has 0 aliphatic heterocycles. The van der Waals surface area contributed by atoms with Crippen molar-refractivity contribution < 1.29 is 8.42 Å². The molecule has 0 amide bonds. The number of hydrogen-bond acceptors (Lipinski definition) is 4. The van der Waals surface area contributed by atoms with E-state index in [2.05, 4.69) is 23.5 Å². The first-order chi connectivity index (χ1) is 9.90. The van der Waals surface area contributed by atoms with E-state index in [4.69, 9.17) is 5.73 Å². The topological polar surface area (TPSA) is 75.4 Å². The van der Waals surface area contributed by atoms with Crippen LogP contribution in [0.3, 0.4) is 0 Å². The molecule has 1 aromatic rings. The highest BCUT2D eigenvalue weighted by Gasteiger charge is 2.14. The second-order valence-corrected chi connectivity index (χ2v) is 6.91. The van der Waals surface area contributed by atoms with Gasteiger partial charge in [-0.15, -0.1) is 0 Å². The first-order valence-corrected chi connectivity index (χ1v) is 8.96. The second-order valence-electron chi connectivity index (χ2n) is 5.14. The van der Waals surface area contributed by atoms with Crippen molar-refractivity contribution in [3.63, 3.8) is 0 Å². The lowest BCUT2D eigenvalue weighted by molar-refractivity contribution is 0.300. The van der Waals surface area contributed by atoms with E-state index in [-0.39, 0.29) is 10.9 Å². The predicted octanol–water partition coefficient (Wildman–Crippen LogP) is 1.72. The summed E-state index contributed by atoms with van der Waals surface area (Å²) < 4.78 is 27.1. The van der Waals surface area contributed by atoms with Gasteiger partial charge in [0.05, 0.1) is 4.90 Å². The summed E-state index contributed by atoms with van der Waals surface area (Å²) in [4.78, 5) is 2.55. The highest BCUT2D eigenvalue weighted by Crippen LogP contribution is 2.15. The highest BCUT2D eigenvalue weighted by atomic mass is 32.2. The van der Waals surface area contributed by atoms with Gasteiger partial charge in [-0.2, -0.15) is 0 Å². The fourth-order valence-electron chi connectivity index (χ4n) is 2.10. The van der Waals surface area contributed by atoms with Crippen molar-refractivity contribution >= 4 is 10.0 Å². The fraction of sp³-hybridized carbons (Fsp3) is 0.600. The summed E-state index contributed by atoms with van der Waals surface area (Å²) in [6, 6.07) is 6.62. The Morgan fingerprint density at radius 3 is 2.52 bits per heavy atom. The minimum Gasteiger partial charge on any atom is -0.324 e. The molecule has 0 saturated heterocycles. The molecule has 120 valence electrons. The lowest BCUT2D eigenvalue weighted by Gasteiger charge is -2.17. The van der Waals surface area contributed by atoms with Gasteiger partial charge in [-0.25, -0.2) is 13.1 Å². The van der Waals surface area contributed by atoms with E-state index in [1.165, 1.54) is 0 Å². The number of rotatable bonds is 9. The molecule has 0 fully saturated rings. The zero-order valence-corrected chi connectivity index (χ0v) is 14.0. The Labute approximate surface area is 128 Å². The Morgan fingerprint density at radius 2 is 1.95 bits per heavy atom. The molecule has 0 aliphatic rings. The quantitative estimate of drug-likeness (QED) is 0.681. The van der Waals surface area contributed by atoms with Gasteiger partial charge >= 0.3 is 0 Å². The molecule has 6 heteroatoms. The summed E-state index contributed by atoms with van der Waals surface area (Å²) >= 11 is 0. The van der Waals surface area contributed by atoms with Crippen LogP contribution in [0.25, 0.3) is 0 Å². The van der Waals surface area contributed by atoms with Gasteiger partial charge in [0.25, 0.3) is 0 Å². The summed E-state index contributed by atoms with van der Waals surface area (Å²) in [6.45, 7) is 9.36. The molecule has 0 saturated carbocycles. The molecule has 21 heavy (non-hydrogen) atoms. The molecular weight excluding hydrogens is 286 g/mol. The summed E-state index contributed by atoms with van der Waals surface area (Å²) in [5.41, 5.74) is 6.61. The number of nitrogens with two attached hydrogens (primary N) is 1. The fourth-order valence-corrected chi connectivity index (χ4v) is 3.23. The SMILES string of the molecule is CCN(CC)CCCNS(=O)(=O)c1cccc(C(C)N)c1. The lowest BCUT2D eigenvalue weighted by Crippen LogP contribution is -2.30. The van der Waals surface area contributed by atoms with Crippen molar-refractivity contribution in [2.24, 2.45) is 5.73 Å². The van der Waals surface area contributed by atoms with Crippen LogP contribution in [0.15, 0.2) is 29.2 Å². The van der Waals surface area contributed by atoms with Crippen LogP contribution in [0.4, 0.5) is 0 Å². The van der Waals surface area contributed by atoms with Crippen molar-refractivity contribution in [2.45, 2.75) is 38.1 Å². The van der Waals surface area contributed by atoms with Gasteiger partial charge < -0.3 is 10.6 Å². The molecule has 1 rings (SSSR count). The molecular formula is C15H27N3O2S. The first kappa shape index (κ1) is 18.1. The maximum Gasteiger partial charge on any atom is 0.240 e. The minimum absolute atomic E-state index is 0.178. The maximum atomic E-state index is 12.2. The Balaban J connectivity index is 2.59. The zero-order chi connectivity index (χ0) is 15.9. The van der Waals surface area contributed by atoms with Gasteiger partial charge in [0, 0.05) is 12.6 Å². The molecule has 1 unspecified atom stereocenters. The maximum absolute atomic E-state index is 12.2. The Hall–Kier alpha value is -0.950. The molecule has 3 N–H and O–H groups in total. The van der Waals surface area contributed by atoms with E-state index in [9.17, 15) is 8.42 Å². The van der Waals surface area contributed by atoms with E-state index >= 15 is 0 Å². The summed E-state index contributed by atoms with van der Waals surface area (Å²) in [7, 11) is -3.45. The Bertz CT molecular complexity index is 525. The lowest BCUT2D eigenvalue weighted by atomic mass is 10.1. The van der Waals surface area contributed by atoms with Gasteiger partial charge in [-0.1, -0.05) is 26.0 Å². The van der Waals surface area contributed by atoms with Crippen molar-refractivity contribution in [1.82, 2.24) is 9.62 Å². The Morgan fingerprint density at radius 1 is 1.29 bits per heavy atom. The minimum atomic E-state index is -3.45. The molecule has 0 radical (unpaired) electrons. The van der Waals surface area contributed by atoms with Crippen LogP contribution in [0.1, 0.15) is 38.8 Å². The van der Waals surface area contributed by atoms with Gasteiger partial charge in [-0.05, 0) is 50.7 Å². The van der Waals surface area contributed by atoms with Crippen LogP contribution >= 0.6 is 0 Å². The van der Waals surface area contributed by atoms with Crippen molar-refractivity contribution in [3.8, 4) is 0 Å². The van der Waals surface area contributed by atoms with Crippen LogP contribution in [-0.4, -0.2) is 39.5 Å². The first-order valence-electron chi connectivity index (χ1n) is 7.48. The molecule has 0 spiro atoms. The third-order valence-corrected chi connectivity index (χ3v) is 4.99. The molecule has 0 heterocycles. The molecule has 0 aliphatic carbocycles. The van der Waals surface area contributed by atoms with Gasteiger partial charge in [0.2, 0.25) is 10.0 Å². The standard InChI is InChI=1S/C15H27N3O2S/c1-4-18(5-2)11-7-10-17-21(19,20)15-9-6-8-14(12-15)13(3)16/h6,8-9,12-13,17H,4-5,7,10-11,16H2,1-3H3. The smallest absolute Gasteiger partial charge is 0.240 e. The largest absolute Gasteiger partial charge is 0.324 e. The van der Waals surface area contributed by atoms with E-state index in [0.717, 1.165) is 31.6 Å². The number of hydrogen-bond donors (Lipinski definition) is 2. The van der Waals surface area contributed by atoms with E-state index in [0.29, 0.717) is 6.54 Å². The summed E-state index contributed by atoms with van der Waals surface area (Å²) in [5, 5.41) is 0. The van der Waals surface area contributed by atoms with E-state index < -0.39 is 10.0 Å². The van der Waals surface area contributed by atoms with Crippen molar-refractivity contribution in [1.29, 1.82) is 0 Å². The van der Waals surface area contributed by atoms with Crippen molar-refractivity contribution in [3.05, 3.63) is 29.8 Å². The monoisotopic (exact) mass is 313 g/mol. The predicted molar refractivity (Wildman–Crippen MR) is 86.6 cm³/mol. The number of sulfonamides is 1.